The number of halogens is 2. The monoisotopic (exact) mass is 351 g/mol. The summed E-state index contributed by atoms with van der Waals surface area (Å²) < 4.78 is 0. The molecule has 2 aromatic carbocycles. The van der Waals surface area contributed by atoms with Gasteiger partial charge in [0, 0.05) is 12.1 Å². The standard InChI is InChI=1S/C15H11Cl2N3O3/c16-10-5-13-14(6-11(10)17)19-15(21)7-12(18-13)8-1-3-9(4-2-8)20(22)23/h1-6,12,18H,7H2,(H,19,21)/t12-/m0/s1. The fourth-order valence-corrected chi connectivity index (χ4v) is 2.75. The van der Waals surface area contributed by atoms with E-state index < -0.39 is 4.92 Å². The van der Waals surface area contributed by atoms with Crippen LogP contribution in [0.5, 0.6) is 0 Å². The number of hydrogen-bond donors (Lipinski definition) is 2. The molecule has 8 heteroatoms. The Morgan fingerprint density at radius 3 is 2.30 bits per heavy atom. The third kappa shape index (κ3) is 3.23. The van der Waals surface area contributed by atoms with E-state index in [2.05, 4.69) is 10.6 Å². The summed E-state index contributed by atoms with van der Waals surface area (Å²) in [5.41, 5.74) is 1.97. The van der Waals surface area contributed by atoms with Gasteiger partial charge in [0.25, 0.3) is 5.69 Å². The zero-order chi connectivity index (χ0) is 16.6. The van der Waals surface area contributed by atoms with Crippen molar-refractivity contribution in [1.29, 1.82) is 0 Å². The fraction of sp³-hybridized carbons (Fsp3) is 0.133. The van der Waals surface area contributed by atoms with Crippen LogP contribution >= 0.6 is 23.2 Å². The van der Waals surface area contributed by atoms with Gasteiger partial charge in [0.05, 0.1) is 38.8 Å². The van der Waals surface area contributed by atoms with Crippen molar-refractivity contribution in [3.8, 4) is 0 Å². The number of nitro benzene ring substituents is 1. The summed E-state index contributed by atoms with van der Waals surface area (Å²) >= 11 is 12.0. The number of non-ortho nitro benzene ring substituents is 1. The molecule has 2 N–H and O–H groups in total. The second kappa shape index (κ2) is 6.06. The number of nitro groups is 1. The van der Waals surface area contributed by atoms with Gasteiger partial charge in [-0.2, -0.15) is 0 Å². The molecule has 0 fully saturated rings. The predicted molar refractivity (Wildman–Crippen MR) is 89.2 cm³/mol. The molecule has 0 spiro atoms. The number of hydrogen-bond acceptors (Lipinski definition) is 4. The Morgan fingerprint density at radius 2 is 1.70 bits per heavy atom. The van der Waals surface area contributed by atoms with Crippen molar-refractivity contribution in [2.75, 3.05) is 10.6 Å². The van der Waals surface area contributed by atoms with Crippen LogP contribution in [0.15, 0.2) is 36.4 Å². The Balaban J connectivity index is 1.95. The van der Waals surface area contributed by atoms with Crippen molar-refractivity contribution in [3.05, 3.63) is 62.1 Å². The van der Waals surface area contributed by atoms with E-state index in [-0.39, 0.29) is 24.1 Å². The molecule has 0 saturated heterocycles. The number of carbonyl (C=O) groups excluding carboxylic acids is 1. The Bertz CT molecular complexity index is 793. The second-order valence-corrected chi connectivity index (χ2v) is 5.92. The first-order valence-corrected chi connectivity index (χ1v) is 7.49. The van der Waals surface area contributed by atoms with E-state index in [4.69, 9.17) is 23.2 Å². The molecule has 23 heavy (non-hydrogen) atoms. The van der Waals surface area contributed by atoms with Crippen molar-refractivity contribution in [2.24, 2.45) is 0 Å². The van der Waals surface area contributed by atoms with Crippen molar-refractivity contribution < 1.29 is 9.72 Å². The molecule has 1 atom stereocenters. The third-order valence-electron chi connectivity index (χ3n) is 3.56. The van der Waals surface area contributed by atoms with E-state index in [1.807, 2.05) is 0 Å². The van der Waals surface area contributed by atoms with Crippen LogP contribution in [0.1, 0.15) is 18.0 Å². The maximum Gasteiger partial charge on any atom is 0.269 e. The summed E-state index contributed by atoms with van der Waals surface area (Å²) in [7, 11) is 0. The molecular weight excluding hydrogens is 341 g/mol. The lowest BCUT2D eigenvalue weighted by molar-refractivity contribution is -0.384. The summed E-state index contributed by atoms with van der Waals surface area (Å²) in [6.07, 6.45) is 0.182. The SMILES string of the molecule is O=C1C[C@@H](c2ccc([N+](=O)[O-])cc2)Nc2cc(Cl)c(Cl)cc2N1. The van der Waals surface area contributed by atoms with Gasteiger partial charge in [-0.15, -0.1) is 0 Å². The summed E-state index contributed by atoms with van der Waals surface area (Å²) in [5.74, 6) is -0.182. The molecule has 1 aliphatic rings. The molecule has 6 nitrogen and oxygen atoms in total. The van der Waals surface area contributed by atoms with Crippen LogP contribution in [0.4, 0.5) is 17.1 Å². The van der Waals surface area contributed by atoms with Gasteiger partial charge in [-0.25, -0.2) is 0 Å². The van der Waals surface area contributed by atoms with E-state index in [0.29, 0.717) is 21.4 Å². The zero-order valence-electron chi connectivity index (χ0n) is 11.7. The van der Waals surface area contributed by atoms with Crippen LogP contribution in [0, 0.1) is 10.1 Å². The molecule has 0 saturated carbocycles. The predicted octanol–water partition coefficient (Wildman–Crippen LogP) is 4.40. The molecule has 1 heterocycles. The van der Waals surface area contributed by atoms with Crippen molar-refractivity contribution >= 4 is 46.2 Å². The first kappa shape index (κ1) is 15.6. The van der Waals surface area contributed by atoms with Crippen LogP contribution in [0.25, 0.3) is 0 Å². The van der Waals surface area contributed by atoms with Gasteiger partial charge in [-0.3, -0.25) is 14.9 Å². The first-order chi connectivity index (χ1) is 10.9. The molecule has 0 unspecified atom stereocenters. The molecule has 1 aliphatic heterocycles. The highest BCUT2D eigenvalue weighted by Gasteiger charge is 2.23. The Kier molecular flexibility index (Phi) is 4.11. The van der Waals surface area contributed by atoms with Crippen LogP contribution in [0.3, 0.4) is 0 Å². The topological polar surface area (TPSA) is 84.3 Å². The minimum absolute atomic E-state index is 0.00190. The van der Waals surface area contributed by atoms with E-state index in [9.17, 15) is 14.9 Å². The molecule has 0 bridgehead atoms. The van der Waals surface area contributed by atoms with Crippen LogP contribution < -0.4 is 10.6 Å². The van der Waals surface area contributed by atoms with Gasteiger partial charge in [0.2, 0.25) is 5.91 Å². The molecule has 3 rings (SSSR count). The quantitative estimate of drug-likeness (QED) is 0.620. The Labute approximate surface area is 141 Å². The molecule has 2 aromatic rings. The van der Waals surface area contributed by atoms with E-state index in [1.165, 1.54) is 12.1 Å². The lowest BCUT2D eigenvalue weighted by atomic mass is 10.0. The second-order valence-electron chi connectivity index (χ2n) is 5.11. The van der Waals surface area contributed by atoms with Crippen LogP contribution in [-0.4, -0.2) is 10.8 Å². The van der Waals surface area contributed by atoms with Crippen LogP contribution in [-0.2, 0) is 4.79 Å². The van der Waals surface area contributed by atoms with Gasteiger partial charge < -0.3 is 10.6 Å². The summed E-state index contributed by atoms with van der Waals surface area (Å²) in [6.45, 7) is 0. The lowest BCUT2D eigenvalue weighted by Crippen LogP contribution is -2.15. The molecular formula is C15H11Cl2N3O3. The average Bonchev–Trinajstić information content (AvgIpc) is 2.66. The first-order valence-electron chi connectivity index (χ1n) is 6.74. The molecule has 1 amide bonds. The molecule has 0 aliphatic carbocycles. The summed E-state index contributed by atoms with van der Waals surface area (Å²) in [5, 5.41) is 17.4. The van der Waals surface area contributed by atoms with Gasteiger partial charge in [-0.05, 0) is 17.7 Å². The average molecular weight is 352 g/mol. The minimum Gasteiger partial charge on any atom is -0.376 e. The van der Waals surface area contributed by atoms with Gasteiger partial charge in [0.1, 0.15) is 0 Å². The maximum absolute atomic E-state index is 12.1. The molecule has 0 aromatic heterocycles. The number of benzene rings is 2. The number of fused-ring (bicyclic) bond motifs is 1. The number of nitrogens with one attached hydrogen (secondary N) is 2. The van der Waals surface area contributed by atoms with Crippen molar-refractivity contribution in [2.45, 2.75) is 12.5 Å². The van der Waals surface area contributed by atoms with E-state index in [1.54, 1.807) is 24.3 Å². The van der Waals surface area contributed by atoms with Gasteiger partial charge in [0.15, 0.2) is 0 Å². The highest BCUT2D eigenvalue weighted by atomic mass is 35.5. The maximum atomic E-state index is 12.1. The zero-order valence-corrected chi connectivity index (χ0v) is 13.2. The molecule has 118 valence electrons. The van der Waals surface area contributed by atoms with E-state index >= 15 is 0 Å². The van der Waals surface area contributed by atoms with Crippen molar-refractivity contribution in [3.63, 3.8) is 0 Å². The van der Waals surface area contributed by atoms with Crippen molar-refractivity contribution in [1.82, 2.24) is 0 Å². The third-order valence-corrected chi connectivity index (χ3v) is 4.28. The normalized spacial score (nSPS) is 16.8. The largest absolute Gasteiger partial charge is 0.376 e. The summed E-state index contributed by atoms with van der Waals surface area (Å²) in [6, 6.07) is 8.99. The summed E-state index contributed by atoms with van der Waals surface area (Å²) in [4.78, 5) is 22.3. The van der Waals surface area contributed by atoms with Gasteiger partial charge >= 0.3 is 0 Å². The highest BCUT2D eigenvalue weighted by Crippen LogP contribution is 2.37. The number of nitrogens with zero attached hydrogens (tertiary/aromatic N) is 1. The number of rotatable bonds is 2. The number of carbonyl (C=O) groups is 1. The van der Waals surface area contributed by atoms with E-state index in [0.717, 1.165) is 5.56 Å². The van der Waals surface area contributed by atoms with Gasteiger partial charge in [-0.1, -0.05) is 35.3 Å². The smallest absolute Gasteiger partial charge is 0.269 e. The lowest BCUT2D eigenvalue weighted by Gasteiger charge is -2.17. The Hall–Kier alpha value is -2.31. The number of amides is 1. The highest BCUT2D eigenvalue weighted by molar-refractivity contribution is 6.42. The molecule has 0 radical (unpaired) electrons. The fourth-order valence-electron chi connectivity index (χ4n) is 2.42. The Morgan fingerprint density at radius 1 is 1.09 bits per heavy atom. The number of anilines is 2. The van der Waals surface area contributed by atoms with Crippen LogP contribution in [0.2, 0.25) is 10.0 Å². The minimum atomic E-state index is -0.464.